The van der Waals surface area contributed by atoms with Crippen molar-refractivity contribution in [1.29, 1.82) is 0 Å². The van der Waals surface area contributed by atoms with Gasteiger partial charge in [-0.15, -0.1) is 0 Å². The minimum atomic E-state index is -5.00. The predicted molar refractivity (Wildman–Crippen MR) is 104 cm³/mol. The van der Waals surface area contributed by atoms with E-state index in [4.69, 9.17) is 32.7 Å². The topological polar surface area (TPSA) is 161 Å². The van der Waals surface area contributed by atoms with Crippen LogP contribution in [-0.2, 0) is 23.6 Å². The van der Waals surface area contributed by atoms with Crippen LogP contribution in [0.4, 0.5) is 0 Å². The summed E-state index contributed by atoms with van der Waals surface area (Å²) in [4.78, 5) is 34.6. The van der Waals surface area contributed by atoms with Gasteiger partial charge in [0.05, 0.1) is 40.6 Å². The maximum absolute atomic E-state index is 11.8. The number of halogens is 2. The lowest BCUT2D eigenvalue weighted by molar-refractivity contribution is -0.155. The van der Waals surface area contributed by atoms with Gasteiger partial charge in [0.25, 0.3) is 5.85 Å². The molecule has 30 heavy (non-hydrogen) atoms. The number of hydrogen-bond acceptors (Lipinski definition) is 8. The van der Waals surface area contributed by atoms with Gasteiger partial charge >= 0.3 is 13.6 Å². The number of aromatic nitrogens is 2. The lowest BCUT2D eigenvalue weighted by Gasteiger charge is -2.21. The van der Waals surface area contributed by atoms with E-state index in [1.54, 1.807) is 0 Å². The zero-order valence-corrected chi connectivity index (χ0v) is 17.9. The molecule has 1 aliphatic heterocycles. The second kappa shape index (κ2) is 9.07. The SMILES string of the molecule is CCOC(=O)[C@H](OC[C@H]1O[C@@H](n2cnc3cc(Cl)c(Cl)cc32)[C@H](O)[C@H]1O)P(=O)(O)O. The quantitative estimate of drug-likeness (QED) is 0.330. The standard InChI is InChI=1S/C16H19Cl2N2O9P/c1-2-27-15(23)16(30(24,25)26)28-5-11-12(21)13(22)14(29-11)20-6-19-9-3-7(17)8(18)4-10(9)20/h3-4,6,11-14,16,21-22H,2,5H2,1H3,(H2,24,25,26)/t11-,12+,13-,14-,16-/m1/s1. The first-order valence-corrected chi connectivity index (χ1v) is 11.1. The fourth-order valence-corrected chi connectivity index (χ4v) is 3.97. The molecule has 1 aliphatic rings. The van der Waals surface area contributed by atoms with Gasteiger partial charge in [0.2, 0.25) is 0 Å². The van der Waals surface area contributed by atoms with Crippen LogP contribution < -0.4 is 0 Å². The van der Waals surface area contributed by atoms with Gasteiger partial charge in [-0.3, -0.25) is 4.57 Å². The largest absolute Gasteiger partial charge is 0.464 e. The smallest absolute Gasteiger partial charge is 0.365 e. The van der Waals surface area contributed by atoms with E-state index >= 15 is 0 Å². The summed E-state index contributed by atoms with van der Waals surface area (Å²) in [6.45, 7) is 0.763. The number of benzene rings is 1. The zero-order chi connectivity index (χ0) is 22.2. The van der Waals surface area contributed by atoms with E-state index < -0.39 is 50.6 Å². The normalized spacial score (nSPS) is 25.6. The van der Waals surface area contributed by atoms with Crippen LogP contribution in [0.1, 0.15) is 13.2 Å². The van der Waals surface area contributed by atoms with Crippen LogP contribution in [0.2, 0.25) is 10.0 Å². The number of hydrogen-bond donors (Lipinski definition) is 4. The zero-order valence-electron chi connectivity index (χ0n) is 15.5. The first-order valence-electron chi connectivity index (χ1n) is 8.71. The van der Waals surface area contributed by atoms with Crippen molar-refractivity contribution in [1.82, 2.24) is 9.55 Å². The van der Waals surface area contributed by atoms with Crippen LogP contribution in [0, 0.1) is 0 Å². The van der Waals surface area contributed by atoms with E-state index in [1.807, 2.05) is 0 Å². The van der Waals surface area contributed by atoms with Crippen LogP contribution >= 0.6 is 30.8 Å². The second-order valence-electron chi connectivity index (χ2n) is 6.48. The lowest BCUT2D eigenvalue weighted by atomic mass is 10.1. The number of aliphatic hydroxyl groups is 2. The van der Waals surface area contributed by atoms with E-state index in [1.165, 1.54) is 30.0 Å². The third-order valence-corrected chi connectivity index (χ3v) is 6.13. The van der Waals surface area contributed by atoms with Crippen molar-refractivity contribution >= 4 is 47.8 Å². The van der Waals surface area contributed by atoms with Crippen molar-refractivity contribution in [3.8, 4) is 0 Å². The summed E-state index contributed by atoms with van der Waals surface area (Å²) in [6.07, 6.45) is -3.85. The summed E-state index contributed by atoms with van der Waals surface area (Å²) in [6, 6.07) is 3.04. The fourth-order valence-electron chi connectivity index (χ4n) is 3.02. The van der Waals surface area contributed by atoms with E-state index in [-0.39, 0.29) is 16.7 Å². The highest BCUT2D eigenvalue weighted by atomic mass is 35.5. The molecule has 1 aromatic carbocycles. The third-order valence-electron chi connectivity index (χ3n) is 4.44. The fraction of sp³-hybridized carbons (Fsp3) is 0.500. The van der Waals surface area contributed by atoms with Crippen molar-refractivity contribution in [3.05, 3.63) is 28.5 Å². The number of nitrogens with zero attached hydrogens (tertiary/aromatic N) is 2. The molecule has 0 amide bonds. The van der Waals surface area contributed by atoms with Crippen LogP contribution in [0.25, 0.3) is 11.0 Å². The molecule has 2 aromatic rings. The molecule has 14 heteroatoms. The highest BCUT2D eigenvalue weighted by Gasteiger charge is 2.46. The summed E-state index contributed by atoms with van der Waals surface area (Å²) in [5, 5.41) is 21.3. The third kappa shape index (κ3) is 4.64. The summed E-state index contributed by atoms with van der Waals surface area (Å²) >= 11 is 12.0. The Hall–Kier alpha value is -1.27. The molecule has 5 atom stereocenters. The minimum absolute atomic E-state index is 0.109. The van der Waals surface area contributed by atoms with Gasteiger partial charge in [-0.05, 0) is 19.1 Å². The molecule has 0 aliphatic carbocycles. The van der Waals surface area contributed by atoms with Crippen molar-refractivity contribution in [2.45, 2.75) is 37.3 Å². The first kappa shape index (κ1) is 23.4. The second-order valence-corrected chi connectivity index (χ2v) is 8.94. The number of rotatable bonds is 7. The Morgan fingerprint density at radius 1 is 1.30 bits per heavy atom. The van der Waals surface area contributed by atoms with Crippen molar-refractivity contribution in [2.24, 2.45) is 0 Å². The van der Waals surface area contributed by atoms with E-state index in [0.717, 1.165) is 0 Å². The van der Waals surface area contributed by atoms with Crippen molar-refractivity contribution < 1.29 is 43.6 Å². The van der Waals surface area contributed by atoms with Crippen LogP contribution in [0.3, 0.4) is 0 Å². The summed E-state index contributed by atoms with van der Waals surface area (Å²) < 4.78 is 28.2. The van der Waals surface area contributed by atoms with Crippen LogP contribution in [-0.4, -0.2) is 72.9 Å². The number of imidazole rings is 1. The Balaban J connectivity index is 1.78. The molecule has 2 heterocycles. The maximum atomic E-state index is 11.8. The Morgan fingerprint density at radius 2 is 1.97 bits per heavy atom. The summed E-state index contributed by atoms with van der Waals surface area (Å²) in [5.74, 6) is -3.43. The highest BCUT2D eigenvalue weighted by molar-refractivity contribution is 7.53. The van der Waals surface area contributed by atoms with Gasteiger partial charge in [0.1, 0.15) is 18.3 Å². The van der Waals surface area contributed by atoms with Gasteiger partial charge < -0.3 is 38.8 Å². The average Bonchev–Trinajstić information content (AvgIpc) is 3.17. The van der Waals surface area contributed by atoms with Crippen molar-refractivity contribution in [2.75, 3.05) is 13.2 Å². The number of carbonyl (C=O) groups excluding carboxylic acids is 1. The summed E-state index contributed by atoms with van der Waals surface area (Å²) in [7, 11) is -5.00. The van der Waals surface area contributed by atoms with Gasteiger partial charge in [0, 0.05) is 0 Å². The van der Waals surface area contributed by atoms with Gasteiger partial charge in [-0.1, -0.05) is 23.2 Å². The molecule has 0 bridgehead atoms. The molecule has 3 rings (SSSR count). The molecule has 1 aromatic heterocycles. The van der Waals surface area contributed by atoms with E-state index in [9.17, 15) is 29.4 Å². The number of carbonyl (C=O) groups is 1. The first-order chi connectivity index (χ1) is 14.0. The molecule has 0 unspecified atom stereocenters. The maximum Gasteiger partial charge on any atom is 0.365 e. The van der Waals surface area contributed by atoms with E-state index in [0.29, 0.717) is 11.0 Å². The molecule has 0 radical (unpaired) electrons. The lowest BCUT2D eigenvalue weighted by Crippen LogP contribution is -2.36. The molecule has 0 spiro atoms. The Bertz CT molecular complexity index is 981. The predicted octanol–water partition coefficient (Wildman–Crippen LogP) is 1.05. The van der Waals surface area contributed by atoms with Crippen molar-refractivity contribution in [3.63, 3.8) is 0 Å². The van der Waals surface area contributed by atoms with Gasteiger partial charge in [-0.25, -0.2) is 9.78 Å². The van der Waals surface area contributed by atoms with Gasteiger partial charge in [0.15, 0.2) is 6.23 Å². The Morgan fingerprint density at radius 3 is 2.60 bits per heavy atom. The van der Waals surface area contributed by atoms with E-state index in [2.05, 4.69) is 9.72 Å². The highest BCUT2D eigenvalue weighted by Crippen LogP contribution is 2.43. The molecule has 1 saturated heterocycles. The summed E-state index contributed by atoms with van der Waals surface area (Å²) in [5.41, 5.74) is 0.945. The number of esters is 1. The molecule has 1 fully saturated rings. The van der Waals surface area contributed by atoms with Crippen LogP contribution in [0.15, 0.2) is 18.5 Å². The van der Waals surface area contributed by atoms with Crippen LogP contribution in [0.5, 0.6) is 0 Å². The molecule has 0 saturated carbocycles. The Kier molecular flexibility index (Phi) is 7.08. The minimum Gasteiger partial charge on any atom is -0.464 e. The molecular formula is C16H19Cl2N2O9P. The van der Waals surface area contributed by atoms with Gasteiger partial charge in [-0.2, -0.15) is 0 Å². The molecule has 166 valence electrons. The molecule has 4 N–H and O–H groups in total. The number of aliphatic hydroxyl groups excluding tert-OH is 2. The Labute approximate surface area is 180 Å². The molecular weight excluding hydrogens is 466 g/mol. The number of ether oxygens (including phenoxy) is 3. The molecule has 11 nitrogen and oxygen atoms in total. The average molecular weight is 485 g/mol. The number of fused-ring (bicyclic) bond motifs is 1. The monoisotopic (exact) mass is 484 g/mol.